The van der Waals surface area contributed by atoms with Crippen LogP contribution in [0.5, 0.6) is 0 Å². The Balaban J connectivity index is 1.97. The number of nitriles is 1. The highest BCUT2D eigenvalue weighted by Crippen LogP contribution is 2.26. The molecule has 1 heterocycles. The van der Waals surface area contributed by atoms with E-state index in [-0.39, 0.29) is 12.0 Å². The lowest BCUT2D eigenvalue weighted by Gasteiger charge is -2.30. The molecular formula is C14H22N2O2. The van der Waals surface area contributed by atoms with E-state index in [0.717, 1.165) is 38.5 Å². The summed E-state index contributed by atoms with van der Waals surface area (Å²) in [6.45, 7) is 0.664. The van der Waals surface area contributed by atoms with Gasteiger partial charge in [-0.3, -0.25) is 4.79 Å². The van der Waals surface area contributed by atoms with E-state index in [4.69, 9.17) is 4.74 Å². The standard InChI is InChI=1S/C14H22N2O2/c15-11-14(8-4-2-1-3-5-9-14)16-13(17)12-7-6-10-18-12/h12H,1-10H2,(H,16,17). The molecule has 0 aromatic heterocycles. The maximum absolute atomic E-state index is 12.1. The molecule has 1 unspecified atom stereocenters. The molecule has 0 aromatic carbocycles. The second-order valence-electron chi connectivity index (χ2n) is 5.45. The van der Waals surface area contributed by atoms with Gasteiger partial charge in [0, 0.05) is 6.61 Å². The van der Waals surface area contributed by atoms with Crippen molar-refractivity contribution in [3.63, 3.8) is 0 Å². The third-order valence-corrected chi connectivity index (χ3v) is 4.01. The van der Waals surface area contributed by atoms with Crippen LogP contribution in [0, 0.1) is 11.3 Å². The molecule has 1 aliphatic heterocycles. The highest BCUT2D eigenvalue weighted by Gasteiger charge is 2.35. The molecule has 2 aliphatic rings. The topological polar surface area (TPSA) is 62.1 Å². The van der Waals surface area contributed by atoms with Gasteiger partial charge in [0.15, 0.2) is 0 Å². The van der Waals surface area contributed by atoms with Gasteiger partial charge < -0.3 is 10.1 Å². The molecule has 4 nitrogen and oxygen atoms in total. The second kappa shape index (κ2) is 6.19. The van der Waals surface area contributed by atoms with Crippen molar-refractivity contribution in [3.05, 3.63) is 0 Å². The van der Waals surface area contributed by atoms with Gasteiger partial charge in [-0.25, -0.2) is 0 Å². The lowest BCUT2D eigenvalue weighted by Crippen LogP contribution is -2.51. The first-order chi connectivity index (χ1) is 8.76. The molecule has 0 bridgehead atoms. The predicted molar refractivity (Wildman–Crippen MR) is 67.8 cm³/mol. The maximum atomic E-state index is 12.1. The van der Waals surface area contributed by atoms with Crippen molar-refractivity contribution in [1.29, 1.82) is 5.26 Å². The average Bonchev–Trinajstić information content (AvgIpc) is 2.86. The molecule has 1 atom stereocenters. The number of nitrogens with zero attached hydrogens (tertiary/aromatic N) is 1. The molecule has 1 saturated heterocycles. The fraction of sp³-hybridized carbons (Fsp3) is 0.857. The zero-order chi connectivity index (χ0) is 12.8. The Morgan fingerprint density at radius 3 is 2.39 bits per heavy atom. The quantitative estimate of drug-likeness (QED) is 0.818. The molecule has 2 rings (SSSR count). The highest BCUT2D eigenvalue weighted by atomic mass is 16.5. The monoisotopic (exact) mass is 250 g/mol. The fourth-order valence-corrected chi connectivity index (χ4v) is 2.87. The van der Waals surface area contributed by atoms with Crippen molar-refractivity contribution in [2.75, 3.05) is 6.61 Å². The van der Waals surface area contributed by atoms with Crippen molar-refractivity contribution < 1.29 is 9.53 Å². The molecule has 18 heavy (non-hydrogen) atoms. The molecule has 0 spiro atoms. The van der Waals surface area contributed by atoms with Gasteiger partial charge in [0.1, 0.15) is 11.6 Å². The number of carbonyl (C=O) groups excluding carboxylic acids is 1. The lowest BCUT2D eigenvalue weighted by molar-refractivity contribution is -0.131. The first-order valence-corrected chi connectivity index (χ1v) is 7.11. The first-order valence-electron chi connectivity index (χ1n) is 7.11. The van der Waals surface area contributed by atoms with Gasteiger partial charge in [0.05, 0.1) is 6.07 Å². The Kier molecular flexibility index (Phi) is 4.60. The SMILES string of the molecule is N#CC1(NC(=O)C2CCCO2)CCCCCCC1. The van der Waals surface area contributed by atoms with Gasteiger partial charge >= 0.3 is 0 Å². The van der Waals surface area contributed by atoms with Crippen LogP contribution in [0.15, 0.2) is 0 Å². The third kappa shape index (κ3) is 3.23. The van der Waals surface area contributed by atoms with Crippen molar-refractivity contribution in [3.8, 4) is 6.07 Å². The Labute approximate surface area is 109 Å². The van der Waals surface area contributed by atoms with Gasteiger partial charge in [-0.1, -0.05) is 32.1 Å². The number of rotatable bonds is 2. The van der Waals surface area contributed by atoms with E-state index in [9.17, 15) is 10.1 Å². The van der Waals surface area contributed by atoms with E-state index in [1.165, 1.54) is 19.3 Å². The van der Waals surface area contributed by atoms with Gasteiger partial charge in [-0.15, -0.1) is 0 Å². The molecule has 1 N–H and O–H groups in total. The van der Waals surface area contributed by atoms with Crippen LogP contribution in [0.3, 0.4) is 0 Å². The number of ether oxygens (including phenoxy) is 1. The molecule has 0 radical (unpaired) electrons. The van der Waals surface area contributed by atoms with Crippen LogP contribution in [0.4, 0.5) is 0 Å². The normalized spacial score (nSPS) is 27.8. The lowest BCUT2D eigenvalue weighted by atomic mass is 9.85. The van der Waals surface area contributed by atoms with E-state index in [1.807, 2.05) is 0 Å². The summed E-state index contributed by atoms with van der Waals surface area (Å²) in [6, 6.07) is 2.35. The summed E-state index contributed by atoms with van der Waals surface area (Å²) in [4.78, 5) is 12.1. The minimum Gasteiger partial charge on any atom is -0.368 e. The Morgan fingerprint density at radius 1 is 1.17 bits per heavy atom. The van der Waals surface area contributed by atoms with E-state index in [2.05, 4.69) is 11.4 Å². The smallest absolute Gasteiger partial charge is 0.250 e. The second-order valence-corrected chi connectivity index (χ2v) is 5.45. The van der Waals surface area contributed by atoms with E-state index >= 15 is 0 Å². The van der Waals surface area contributed by atoms with Crippen LogP contribution in [0.1, 0.15) is 57.8 Å². The average molecular weight is 250 g/mol. The van der Waals surface area contributed by atoms with Gasteiger partial charge in [0.2, 0.25) is 5.91 Å². The predicted octanol–water partition coefficient (Wildman–Crippen LogP) is 2.29. The van der Waals surface area contributed by atoms with Gasteiger partial charge in [-0.05, 0) is 25.7 Å². The minimum absolute atomic E-state index is 0.0883. The van der Waals surface area contributed by atoms with Crippen LogP contribution in [-0.2, 0) is 9.53 Å². The number of hydrogen-bond acceptors (Lipinski definition) is 3. The maximum Gasteiger partial charge on any atom is 0.250 e. The first kappa shape index (κ1) is 13.4. The minimum atomic E-state index is -0.649. The molecule has 100 valence electrons. The van der Waals surface area contributed by atoms with E-state index in [1.54, 1.807) is 0 Å². The summed E-state index contributed by atoms with van der Waals surface area (Å²) in [6.07, 6.45) is 8.59. The van der Waals surface area contributed by atoms with Crippen LogP contribution < -0.4 is 5.32 Å². The van der Waals surface area contributed by atoms with Crippen molar-refractivity contribution in [2.24, 2.45) is 0 Å². The third-order valence-electron chi connectivity index (χ3n) is 4.01. The zero-order valence-electron chi connectivity index (χ0n) is 10.9. The molecule has 1 saturated carbocycles. The van der Waals surface area contributed by atoms with Gasteiger partial charge in [-0.2, -0.15) is 5.26 Å². The largest absolute Gasteiger partial charge is 0.368 e. The van der Waals surface area contributed by atoms with E-state index < -0.39 is 5.54 Å². The highest BCUT2D eigenvalue weighted by molar-refractivity contribution is 5.82. The molecule has 1 aliphatic carbocycles. The van der Waals surface area contributed by atoms with Crippen molar-refractivity contribution in [2.45, 2.75) is 69.4 Å². The summed E-state index contributed by atoms with van der Waals surface area (Å²) >= 11 is 0. The fourth-order valence-electron chi connectivity index (χ4n) is 2.87. The zero-order valence-corrected chi connectivity index (χ0v) is 10.9. The summed E-state index contributed by atoms with van der Waals surface area (Å²) in [5, 5.41) is 12.4. The molecular weight excluding hydrogens is 228 g/mol. The van der Waals surface area contributed by atoms with Crippen LogP contribution in [0.2, 0.25) is 0 Å². The summed E-state index contributed by atoms with van der Waals surface area (Å²) in [7, 11) is 0. The summed E-state index contributed by atoms with van der Waals surface area (Å²) < 4.78 is 5.38. The number of hydrogen-bond donors (Lipinski definition) is 1. The van der Waals surface area contributed by atoms with Crippen LogP contribution in [0.25, 0.3) is 0 Å². The molecule has 0 aromatic rings. The molecule has 1 amide bonds. The Hall–Kier alpha value is -1.08. The van der Waals surface area contributed by atoms with Crippen molar-refractivity contribution in [1.82, 2.24) is 5.32 Å². The number of carbonyl (C=O) groups is 1. The Morgan fingerprint density at radius 2 is 1.83 bits per heavy atom. The summed E-state index contributed by atoms with van der Waals surface area (Å²) in [5.74, 6) is -0.0883. The van der Waals surface area contributed by atoms with Gasteiger partial charge in [0.25, 0.3) is 0 Å². The number of amides is 1. The molecule has 4 heteroatoms. The van der Waals surface area contributed by atoms with Crippen LogP contribution in [-0.4, -0.2) is 24.2 Å². The Bertz CT molecular complexity index is 321. The van der Waals surface area contributed by atoms with E-state index in [0.29, 0.717) is 6.61 Å². The summed E-state index contributed by atoms with van der Waals surface area (Å²) in [5.41, 5.74) is -0.649. The van der Waals surface area contributed by atoms with Crippen molar-refractivity contribution >= 4 is 5.91 Å². The molecule has 2 fully saturated rings. The number of nitrogens with one attached hydrogen (secondary N) is 1. The van der Waals surface area contributed by atoms with Crippen LogP contribution >= 0.6 is 0 Å².